The van der Waals surface area contributed by atoms with Crippen molar-refractivity contribution in [2.45, 2.75) is 32.6 Å². The van der Waals surface area contributed by atoms with Crippen LogP contribution in [0, 0.1) is 11.6 Å². The zero-order valence-electron chi connectivity index (χ0n) is 15.0. The third kappa shape index (κ3) is 5.37. The summed E-state index contributed by atoms with van der Waals surface area (Å²) in [4.78, 5) is 23.9. The summed E-state index contributed by atoms with van der Waals surface area (Å²) in [6, 6.07) is 10.1. The predicted octanol–water partition coefficient (Wildman–Crippen LogP) is 4.02. The largest absolute Gasteiger partial charge is 0.352 e. The molecule has 0 unspecified atom stereocenters. The number of hydrogen-bond acceptors (Lipinski definition) is 2. The van der Waals surface area contributed by atoms with Crippen molar-refractivity contribution in [2.24, 2.45) is 0 Å². The van der Waals surface area contributed by atoms with Crippen molar-refractivity contribution in [3.63, 3.8) is 0 Å². The van der Waals surface area contributed by atoms with E-state index in [0.717, 1.165) is 23.8 Å². The topological polar surface area (TPSA) is 58.2 Å². The summed E-state index contributed by atoms with van der Waals surface area (Å²) in [6.07, 6.45) is -0.0538. The van der Waals surface area contributed by atoms with Crippen molar-refractivity contribution < 1.29 is 18.4 Å². The van der Waals surface area contributed by atoms with Gasteiger partial charge < -0.3 is 10.6 Å². The van der Waals surface area contributed by atoms with Gasteiger partial charge in [-0.25, -0.2) is 8.78 Å². The van der Waals surface area contributed by atoms with E-state index in [1.165, 1.54) is 0 Å². The lowest BCUT2D eigenvalue weighted by atomic mass is 9.87. The highest BCUT2D eigenvalue weighted by Gasteiger charge is 2.14. The van der Waals surface area contributed by atoms with Crippen molar-refractivity contribution >= 4 is 17.5 Å². The molecule has 0 saturated heterocycles. The first-order chi connectivity index (χ1) is 12.2. The maximum absolute atomic E-state index is 13.5. The maximum Gasteiger partial charge on any atom is 0.251 e. The third-order valence-corrected chi connectivity index (χ3v) is 3.85. The van der Waals surface area contributed by atoms with Gasteiger partial charge in [0.25, 0.3) is 5.91 Å². The molecule has 2 amide bonds. The second-order valence-corrected chi connectivity index (χ2v) is 7.01. The standard InChI is InChI=1S/C20H22F2N2O2/c1-20(2,3)14-6-4-13(5-7-14)19(26)23-11-10-18(25)24-17-12-15(21)8-9-16(17)22/h4-9,12H,10-11H2,1-3H3,(H,23,26)(H,24,25). The average Bonchev–Trinajstić information content (AvgIpc) is 2.57. The van der Waals surface area contributed by atoms with E-state index >= 15 is 0 Å². The number of anilines is 1. The van der Waals surface area contributed by atoms with Crippen molar-refractivity contribution in [1.82, 2.24) is 5.32 Å². The first kappa shape index (κ1) is 19.6. The molecule has 6 heteroatoms. The van der Waals surface area contributed by atoms with E-state index in [-0.39, 0.29) is 30.0 Å². The van der Waals surface area contributed by atoms with Gasteiger partial charge in [0.2, 0.25) is 5.91 Å². The Morgan fingerprint density at radius 2 is 1.65 bits per heavy atom. The number of carbonyl (C=O) groups is 2. The van der Waals surface area contributed by atoms with Gasteiger partial charge in [0.05, 0.1) is 5.69 Å². The van der Waals surface area contributed by atoms with Crippen LogP contribution in [0.15, 0.2) is 42.5 Å². The zero-order valence-corrected chi connectivity index (χ0v) is 15.0. The zero-order chi connectivity index (χ0) is 19.3. The van der Waals surface area contributed by atoms with E-state index in [4.69, 9.17) is 0 Å². The lowest BCUT2D eigenvalue weighted by Crippen LogP contribution is -2.28. The quantitative estimate of drug-likeness (QED) is 0.846. The Morgan fingerprint density at radius 3 is 2.27 bits per heavy atom. The Kier molecular flexibility index (Phi) is 6.08. The van der Waals surface area contributed by atoms with Crippen LogP contribution in [0.2, 0.25) is 0 Å². The number of nitrogens with one attached hydrogen (secondary N) is 2. The Balaban J connectivity index is 1.84. The van der Waals surface area contributed by atoms with E-state index in [1.54, 1.807) is 12.1 Å². The Labute approximate surface area is 151 Å². The summed E-state index contributed by atoms with van der Waals surface area (Å²) in [5.74, 6) is -2.18. The second-order valence-electron chi connectivity index (χ2n) is 7.01. The Hall–Kier alpha value is -2.76. The average molecular weight is 360 g/mol. The smallest absolute Gasteiger partial charge is 0.251 e. The summed E-state index contributed by atoms with van der Waals surface area (Å²) >= 11 is 0. The molecule has 0 atom stereocenters. The second kappa shape index (κ2) is 8.08. The van der Waals surface area contributed by atoms with Gasteiger partial charge in [0.1, 0.15) is 11.6 Å². The van der Waals surface area contributed by atoms with Crippen molar-refractivity contribution in [1.29, 1.82) is 0 Å². The van der Waals surface area contributed by atoms with Gasteiger partial charge >= 0.3 is 0 Å². The van der Waals surface area contributed by atoms with Gasteiger partial charge in [-0.2, -0.15) is 0 Å². The summed E-state index contributed by atoms with van der Waals surface area (Å²) < 4.78 is 26.5. The molecule has 4 nitrogen and oxygen atoms in total. The van der Waals surface area contributed by atoms with Crippen LogP contribution in [0.1, 0.15) is 43.1 Å². The third-order valence-electron chi connectivity index (χ3n) is 3.85. The van der Waals surface area contributed by atoms with E-state index < -0.39 is 17.5 Å². The molecule has 26 heavy (non-hydrogen) atoms. The number of halogens is 2. The fourth-order valence-electron chi connectivity index (χ4n) is 2.32. The molecule has 0 aromatic heterocycles. The van der Waals surface area contributed by atoms with Crippen molar-refractivity contribution in [3.8, 4) is 0 Å². The van der Waals surface area contributed by atoms with Crippen LogP contribution in [0.3, 0.4) is 0 Å². The van der Waals surface area contributed by atoms with Gasteiger partial charge in [-0.3, -0.25) is 9.59 Å². The molecule has 2 aromatic carbocycles. The van der Waals surface area contributed by atoms with Crippen molar-refractivity contribution in [3.05, 3.63) is 65.2 Å². The summed E-state index contributed by atoms with van der Waals surface area (Å²) in [7, 11) is 0. The maximum atomic E-state index is 13.5. The lowest BCUT2D eigenvalue weighted by molar-refractivity contribution is -0.116. The van der Waals surface area contributed by atoms with Crippen LogP contribution in [-0.2, 0) is 10.2 Å². The first-order valence-electron chi connectivity index (χ1n) is 8.30. The van der Waals surface area contributed by atoms with Crippen LogP contribution >= 0.6 is 0 Å². The SMILES string of the molecule is CC(C)(C)c1ccc(C(=O)NCCC(=O)Nc2cc(F)ccc2F)cc1. The molecule has 138 valence electrons. The minimum atomic E-state index is -0.720. The molecule has 0 heterocycles. The molecule has 2 N–H and O–H groups in total. The highest BCUT2D eigenvalue weighted by molar-refractivity contribution is 5.95. The van der Waals surface area contributed by atoms with E-state index in [2.05, 4.69) is 31.4 Å². The lowest BCUT2D eigenvalue weighted by Gasteiger charge is -2.19. The molecule has 0 fully saturated rings. The number of amides is 2. The molecule has 0 aliphatic carbocycles. The van der Waals surface area contributed by atoms with Crippen LogP contribution < -0.4 is 10.6 Å². The van der Waals surface area contributed by atoms with Gasteiger partial charge in [0.15, 0.2) is 0 Å². The van der Waals surface area contributed by atoms with Gasteiger partial charge in [0, 0.05) is 24.6 Å². The molecule has 0 saturated carbocycles. The van der Waals surface area contributed by atoms with E-state index in [1.807, 2.05) is 12.1 Å². The molecule has 2 aromatic rings. The monoisotopic (exact) mass is 360 g/mol. The summed E-state index contributed by atoms with van der Waals surface area (Å²) in [5, 5.41) is 4.92. The number of rotatable bonds is 5. The van der Waals surface area contributed by atoms with E-state index in [0.29, 0.717) is 5.56 Å². The molecule has 0 spiro atoms. The molecule has 2 rings (SSSR count). The molecule has 0 aliphatic rings. The summed E-state index contributed by atoms with van der Waals surface area (Å²) in [5.41, 5.74) is 1.39. The van der Waals surface area contributed by atoms with Crippen LogP contribution in [0.5, 0.6) is 0 Å². The number of benzene rings is 2. The predicted molar refractivity (Wildman–Crippen MR) is 97.1 cm³/mol. The molecular weight excluding hydrogens is 338 g/mol. The number of carbonyl (C=O) groups excluding carboxylic acids is 2. The highest BCUT2D eigenvalue weighted by Crippen LogP contribution is 2.22. The number of hydrogen-bond donors (Lipinski definition) is 2. The molecule has 0 aliphatic heterocycles. The van der Waals surface area contributed by atoms with Gasteiger partial charge in [-0.1, -0.05) is 32.9 Å². The van der Waals surface area contributed by atoms with Crippen LogP contribution in [-0.4, -0.2) is 18.4 Å². The molecule has 0 bridgehead atoms. The van der Waals surface area contributed by atoms with Crippen molar-refractivity contribution in [2.75, 3.05) is 11.9 Å². The molecular formula is C20H22F2N2O2. The van der Waals surface area contributed by atoms with Gasteiger partial charge in [-0.15, -0.1) is 0 Å². The first-order valence-corrected chi connectivity index (χ1v) is 8.30. The minimum Gasteiger partial charge on any atom is -0.352 e. The molecule has 0 radical (unpaired) electrons. The fraction of sp³-hybridized carbons (Fsp3) is 0.300. The normalized spacial score (nSPS) is 11.1. The fourth-order valence-corrected chi connectivity index (χ4v) is 2.32. The Morgan fingerprint density at radius 1 is 1.00 bits per heavy atom. The van der Waals surface area contributed by atoms with E-state index in [9.17, 15) is 18.4 Å². The van der Waals surface area contributed by atoms with Gasteiger partial charge in [-0.05, 0) is 35.2 Å². The Bertz CT molecular complexity index is 796. The summed E-state index contributed by atoms with van der Waals surface area (Å²) in [6.45, 7) is 6.34. The van der Waals surface area contributed by atoms with Crippen LogP contribution in [0.4, 0.5) is 14.5 Å². The highest BCUT2D eigenvalue weighted by atomic mass is 19.1. The van der Waals surface area contributed by atoms with Crippen LogP contribution in [0.25, 0.3) is 0 Å². The minimum absolute atomic E-state index is 0.000713.